The first-order chi connectivity index (χ1) is 10.1. The van der Waals surface area contributed by atoms with Gasteiger partial charge in [-0.05, 0) is 31.6 Å². The minimum atomic E-state index is -0.777. The molecule has 0 radical (unpaired) electrons. The molecule has 120 valence electrons. The van der Waals surface area contributed by atoms with E-state index in [0.717, 1.165) is 32.2 Å². The van der Waals surface area contributed by atoms with Gasteiger partial charge in [-0.1, -0.05) is 32.1 Å². The van der Waals surface area contributed by atoms with Crippen LogP contribution in [0.1, 0.15) is 57.8 Å². The average molecular weight is 296 g/mol. The molecule has 2 N–H and O–H groups in total. The molecular weight excluding hydrogens is 268 g/mol. The van der Waals surface area contributed by atoms with Crippen molar-refractivity contribution >= 4 is 12.0 Å². The molecule has 2 unspecified atom stereocenters. The van der Waals surface area contributed by atoms with Crippen molar-refractivity contribution in [2.45, 2.75) is 63.8 Å². The van der Waals surface area contributed by atoms with Gasteiger partial charge in [0.25, 0.3) is 0 Å². The first-order valence-corrected chi connectivity index (χ1v) is 8.32. The van der Waals surface area contributed by atoms with E-state index in [1.54, 1.807) is 4.90 Å². The summed E-state index contributed by atoms with van der Waals surface area (Å²) in [6, 6.07) is -0.330. The first-order valence-electron chi connectivity index (χ1n) is 8.32. The second-order valence-electron chi connectivity index (χ2n) is 6.67. The monoisotopic (exact) mass is 296 g/mol. The molecule has 0 aromatic carbocycles. The van der Waals surface area contributed by atoms with Gasteiger partial charge in [-0.3, -0.25) is 4.79 Å². The van der Waals surface area contributed by atoms with Crippen LogP contribution in [-0.4, -0.2) is 41.6 Å². The number of nitrogens with zero attached hydrogens (tertiary/aromatic N) is 1. The first kappa shape index (κ1) is 16.1. The molecular formula is C16H28N2O3. The summed E-state index contributed by atoms with van der Waals surface area (Å²) >= 11 is 0. The van der Waals surface area contributed by atoms with Crippen LogP contribution in [0.15, 0.2) is 0 Å². The molecule has 2 atom stereocenters. The van der Waals surface area contributed by atoms with Gasteiger partial charge in [-0.25, -0.2) is 4.79 Å². The molecule has 21 heavy (non-hydrogen) atoms. The highest BCUT2D eigenvalue weighted by atomic mass is 16.4. The zero-order valence-electron chi connectivity index (χ0n) is 13.0. The second kappa shape index (κ2) is 7.66. The Bertz CT molecular complexity index is 367. The molecule has 2 aliphatic rings. The van der Waals surface area contributed by atoms with Crippen molar-refractivity contribution < 1.29 is 14.7 Å². The van der Waals surface area contributed by atoms with Crippen molar-refractivity contribution in [3.63, 3.8) is 0 Å². The van der Waals surface area contributed by atoms with Crippen LogP contribution in [0.4, 0.5) is 4.79 Å². The van der Waals surface area contributed by atoms with Gasteiger partial charge in [0, 0.05) is 19.6 Å². The molecule has 0 aliphatic heterocycles. The van der Waals surface area contributed by atoms with E-state index >= 15 is 0 Å². The Morgan fingerprint density at radius 3 is 2.33 bits per heavy atom. The van der Waals surface area contributed by atoms with E-state index in [2.05, 4.69) is 5.32 Å². The average Bonchev–Trinajstić information content (AvgIpc) is 2.83. The number of hydrogen-bond acceptors (Lipinski definition) is 2. The molecule has 2 fully saturated rings. The number of rotatable bonds is 4. The maximum absolute atomic E-state index is 12.3. The molecule has 2 amide bonds. The van der Waals surface area contributed by atoms with Crippen LogP contribution in [0.2, 0.25) is 0 Å². The van der Waals surface area contributed by atoms with Crippen LogP contribution in [0.3, 0.4) is 0 Å². The minimum absolute atomic E-state index is 0.111. The Labute approximate surface area is 127 Å². The number of aliphatic carboxylic acids is 1. The Hall–Kier alpha value is -1.26. The van der Waals surface area contributed by atoms with E-state index in [-0.39, 0.29) is 12.1 Å². The highest BCUT2D eigenvalue weighted by molar-refractivity contribution is 5.76. The van der Waals surface area contributed by atoms with Crippen molar-refractivity contribution in [1.82, 2.24) is 10.2 Å². The summed E-state index contributed by atoms with van der Waals surface area (Å²) in [7, 11) is 1.82. The third-order valence-electron chi connectivity index (χ3n) is 5.00. The quantitative estimate of drug-likeness (QED) is 0.784. The van der Waals surface area contributed by atoms with Crippen molar-refractivity contribution in [1.29, 1.82) is 0 Å². The topological polar surface area (TPSA) is 69.6 Å². The van der Waals surface area contributed by atoms with Crippen LogP contribution < -0.4 is 5.32 Å². The molecule has 0 spiro atoms. The summed E-state index contributed by atoms with van der Waals surface area (Å²) < 4.78 is 0. The summed E-state index contributed by atoms with van der Waals surface area (Å²) in [6.07, 6.45) is 9.41. The fourth-order valence-electron chi connectivity index (χ4n) is 3.71. The highest BCUT2D eigenvalue weighted by Crippen LogP contribution is 2.26. The number of carboxylic acid groups (broad SMARTS) is 1. The third-order valence-corrected chi connectivity index (χ3v) is 5.00. The Morgan fingerprint density at radius 2 is 1.67 bits per heavy atom. The maximum atomic E-state index is 12.3. The van der Waals surface area contributed by atoms with Gasteiger partial charge in [0.15, 0.2) is 0 Å². The van der Waals surface area contributed by atoms with E-state index < -0.39 is 11.9 Å². The SMILES string of the molecule is CN(CC1CCCC1)C(=O)NC1CCCCCC1C(=O)O. The number of amides is 2. The smallest absolute Gasteiger partial charge is 0.317 e. The van der Waals surface area contributed by atoms with Crippen LogP contribution in [0.5, 0.6) is 0 Å². The number of carbonyl (C=O) groups excluding carboxylic acids is 1. The van der Waals surface area contributed by atoms with Crippen LogP contribution in [0, 0.1) is 11.8 Å². The largest absolute Gasteiger partial charge is 0.481 e. The molecule has 0 aromatic rings. The summed E-state index contributed by atoms with van der Waals surface area (Å²) in [5.41, 5.74) is 0. The van der Waals surface area contributed by atoms with Gasteiger partial charge < -0.3 is 15.3 Å². The standard InChI is InChI=1S/C16H28N2O3/c1-18(11-12-7-5-6-8-12)16(21)17-14-10-4-2-3-9-13(14)15(19)20/h12-14H,2-11H2,1H3,(H,17,21)(H,19,20). The number of urea groups is 1. The van der Waals surface area contributed by atoms with Crippen LogP contribution in [-0.2, 0) is 4.79 Å². The summed E-state index contributed by atoms with van der Waals surface area (Å²) in [4.78, 5) is 25.4. The van der Waals surface area contributed by atoms with Gasteiger partial charge in [0.1, 0.15) is 0 Å². The fourth-order valence-corrected chi connectivity index (χ4v) is 3.71. The highest BCUT2D eigenvalue weighted by Gasteiger charge is 2.31. The van der Waals surface area contributed by atoms with Crippen molar-refractivity contribution in [3.05, 3.63) is 0 Å². The molecule has 0 saturated heterocycles. The Morgan fingerprint density at radius 1 is 1.05 bits per heavy atom. The molecule has 0 heterocycles. The zero-order chi connectivity index (χ0) is 15.2. The van der Waals surface area contributed by atoms with Crippen LogP contribution >= 0.6 is 0 Å². The van der Waals surface area contributed by atoms with E-state index in [1.807, 2.05) is 7.05 Å². The summed E-state index contributed by atoms with van der Waals surface area (Å²) in [5.74, 6) is -0.595. The molecule has 0 bridgehead atoms. The molecule has 5 nitrogen and oxygen atoms in total. The predicted molar refractivity (Wildman–Crippen MR) is 81.1 cm³/mol. The second-order valence-corrected chi connectivity index (χ2v) is 6.67. The van der Waals surface area contributed by atoms with Crippen molar-refractivity contribution in [2.24, 2.45) is 11.8 Å². The Kier molecular flexibility index (Phi) is 5.88. The maximum Gasteiger partial charge on any atom is 0.317 e. The van der Waals surface area contributed by atoms with Gasteiger partial charge in [-0.15, -0.1) is 0 Å². The fraction of sp³-hybridized carbons (Fsp3) is 0.875. The molecule has 5 heteroatoms. The van der Waals surface area contributed by atoms with Gasteiger partial charge in [0.05, 0.1) is 5.92 Å². The zero-order valence-corrected chi connectivity index (χ0v) is 13.0. The number of carbonyl (C=O) groups is 2. The van der Waals surface area contributed by atoms with Crippen LogP contribution in [0.25, 0.3) is 0 Å². The van der Waals surface area contributed by atoms with E-state index in [9.17, 15) is 14.7 Å². The third kappa shape index (κ3) is 4.61. The minimum Gasteiger partial charge on any atom is -0.481 e. The van der Waals surface area contributed by atoms with E-state index in [0.29, 0.717) is 12.3 Å². The number of carboxylic acids is 1. The summed E-state index contributed by atoms with van der Waals surface area (Å²) in [5, 5.41) is 12.3. The van der Waals surface area contributed by atoms with Crippen molar-refractivity contribution in [2.75, 3.05) is 13.6 Å². The molecule has 2 rings (SSSR count). The lowest BCUT2D eigenvalue weighted by molar-refractivity contribution is -0.142. The number of hydrogen-bond donors (Lipinski definition) is 2. The predicted octanol–water partition coefficient (Wildman–Crippen LogP) is 2.85. The lowest BCUT2D eigenvalue weighted by Crippen LogP contribution is -2.48. The Balaban J connectivity index is 1.87. The van der Waals surface area contributed by atoms with Gasteiger partial charge in [0.2, 0.25) is 0 Å². The van der Waals surface area contributed by atoms with E-state index in [1.165, 1.54) is 25.7 Å². The van der Waals surface area contributed by atoms with Crippen molar-refractivity contribution in [3.8, 4) is 0 Å². The lowest BCUT2D eigenvalue weighted by atomic mass is 9.95. The normalized spacial score (nSPS) is 27.1. The van der Waals surface area contributed by atoms with E-state index in [4.69, 9.17) is 0 Å². The molecule has 2 aliphatic carbocycles. The van der Waals surface area contributed by atoms with Gasteiger partial charge >= 0.3 is 12.0 Å². The molecule has 0 aromatic heterocycles. The van der Waals surface area contributed by atoms with Gasteiger partial charge in [-0.2, -0.15) is 0 Å². The number of nitrogens with one attached hydrogen (secondary N) is 1. The summed E-state index contributed by atoms with van der Waals surface area (Å²) in [6.45, 7) is 0.788. The lowest BCUT2D eigenvalue weighted by Gasteiger charge is -2.27. The molecule has 2 saturated carbocycles.